The number of piperidine rings is 1. The van der Waals surface area contributed by atoms with Crippen molar-refractivity contribution in [2.24, 2.45) is 0 Å². The van der Waals surface area contributed by atoms with Gasteiger partial charge in [-0.15, -0.1) is 0 Å². The van der Waals surface area contributed by atoms with Gasteiger partial charge in [0.05, 0.1) is 22.9 Å². The Morgan fingerprint density at radius 3 is 2.65 bits per heavy atom. The van der Waals surface area contributed by atoms with Crippen molar-refractivity contribution in [2.45, 2.75) is 32.0 Å². The van der Waals surface area contributed by atoms with Gasteiger partial charge in [-0.25, -0.2) is 4.98 Å². The fourth-order valence-corrected chi connectivity index (χ4v) is 2.14. The van der Waals surface area contributed by atoms with Crippen molar-refractivity contribution in [3.63, 3.8) is 0 Å². The van der Waals surface area contributed by atoms with Gasteiger partial charge in [0, 0.05) is 13.1 Å². The second-order valence-corrected chi connectivity index (χ2v) is 5.15. The molecule has 0 spiro atoms. The molecule has 94 valence electrons. The molecular formula is C12H17ClN2O2. The molecule has 0 aromatic carbocycles. The monoisotopic (exact) mass is 256 g/mol. The van der Waals surface area contributed by atoms with E-state index in [9.17, 15) is 5.11 Å². The molecule has 0 atom stereocenters. The van der Waals surface area contributed by atoms with Crippen molar-refractivity contribution in [2.75, 3.05) is 18.0 Å². The summed E-state index contributed by atoms with van der Waals surface area (Å²) >= 11 is 5.90. The van der Waals surface area contributed by atoms with Crippen LogP contribution in [0.15, 0.2) is 12.1 Å². The molecule has 4 nitrogen and oxygen atoms in total. The molecule has 0 aliphatic carbocycles. The van der Waals surface area contributed by atoms with Gasteiger partial charge in [0.2, 0.25) is 0 Å². The predicted octanol–water partition coefficient (Wildman–Crippen LogP) is 1.58. The van der Waals surface area contributed by atoms with Crippen LogP contribution in [0.4, 0.5) is 5.82 Å². The minimum absolute atomic E-state index is 0.155. The van der Waals surface area contributed by atoms with Crippen LogP contribution >= 0.6 is 11.6 Å². The number of pyridine rings is 1. The van der Waals surface area contributed by atoms with Crippen LogP contribution in [0, 0.1) is 0 Å². The van der Waals surface area contributed by atoms with Crippen LogP contribution in [0.5, 0.6) is 0 Å². The number of halogens is 1. The van der Waals surface area contributed by atoms with Gasteiger partial charge < -0.3 is 15.1 Å². The topological polar surface area (TPSA) is 56.6 Å². The molecule has 0 amide bonds. The summed E-state index contributed by atoms with van der Waals surface area (Å²) in [5, 5.41) is 19.5. The highest BCUT2D eigenvalue weighted by Gasteiger charge is 2.27. The van der Waals surface area contributed by atoms with Crippen molar-refractivity contribution >= 4 is 17.4 Å². The molecule has 1 aromatic heterocycles. The van der Waals surface area contributed by atoms with Crippen LogP contribution in [0.2, 0.25) is 5.02 Å². The molecular weight excluding hydrogens is 240 g/mol. The minimum Gasteiger partial charge on any atom is -0.390 e. The van der Waals surface area contributed by atoms with E-state index in [2.05, 4.69) is 9.88 Å². The Morgan fingerprint density at radius 1 is 1.41 bits per heavy atom. The van der Waals surface area contributed by atoms with E-state index in [0.29, 0.717) is 10.7 Å². The number of anilines is 1. The van der Waals surface area contributed by atoms with Crippen LogP contribution < -0.4 is 4.90 Å². The van der Waals surface area contributed by atoms with Gasteiger partial charge >= 0.3 is 0 Å². The van der Waals surface area contributed by atoms with Crippen molar-refractivity contribution in [1.82, 2.24) is 4.98 Å². The number of hydrogen-bond acceptors (Lipinski definition) is 4. The van der Waals surface area contributed by atoms with Gasteiger partial charge in [-0.3, -0.25) is 0 Å². The Kier molecular flexibility index (Phi) is 3.56. The Morgan fingerprint density at radius 2 is 2.06 bits per heavy atom. The lowest BCUT2D eigenvalue weighted by molar-refractivity contribution is 0.0350. The smallest absolute Gasteiger partial charge is 0.129 e. The van der Waals surface area contributed by atoms with Crippen LogP contribution in [0.3, 0.4) is 0 Å². The summed E-state index contributed by atoms with van der Waals surface area (Å²) < 4.78 is 0. The van der Waals surface area contributed by atoms with E-state index in [4.69, 9.17) is 16.7 Å². The summed E-state index contributed by atoms with van der Waals surface area (Å²) in [7, 11) is 0. The maximum absolute atomic E-state index is 9.88. The number of aliphatic hydroxyl groups excluding tert-OH is 1. The first-order chi connectivity index (χ1) is 8.02. The van der Waals surface area contributed by atoms with Gasteiger partial charge in [0.15, 0.2) is 0 Å². The molecule has 1 aliphatic heterocycles. The molecule has 0 bridgehead atoms. The van der Waals surface area contributed by atoms with E-state index >= 15 is 0 Å². The number of aromatic nitrogens is 1. The summed E-state index contributed by atoms with van der Waals surface area (Å²) in [6.07, 6.45) is 1.46. The number of aliphatic hydroxyl groups is 2. The fourth-order valence-electron chi connectivity index (χ4n) is 1.98. The molecule has 0 unspecified atom stereocenters. The molecule has 2 rings (SSSR count). The first-order valence-corrected chi connectivity index (χ1v) is 6.13. The van der Waals surface area contributed by atoms with E-state index < -0.39 is 5.60 Å². The molecule has 1 saturated heterocycles. The van der Waals surface area contributed by atoms with Crippen molar-refractivity contribution in [3.05, 3.63) is 22.8 Å². The summed E-state index contributed by atoms with van der Waals surface area (Å²) in [5.41, 5.74) is -0.0653. The van der Waals surface area contributed by atoms with Crippen LogP contribution in [-0.2, 0) is 6.61 Å². The minimum atomic E-state index is -0.567. The van der Waals surface area contributed by atoms with Gasteiger partial charge in [0.25, 0.3) is 0 Å². The van der Waals surface area contributed by atoms with Crippen LogP contribution in [0.1, 0.15) is 25.5 Å². The molecule has 0 radical (unpaired) electrons. The fraction of sp³-hybridized carbons (Fsp3) is 0.583. The summed E-state index contributed by atoms with van der Waals surface area (Å²) in [6, 6.07) is 3.60. The first kappa shape index (κ1) is 12.6. The second-order valence-electron chi connectivity index (χ2n) is 4.74. The van der Waals surface area contributed by atoms with E-state index in [1.54, 1.807) is 6.07 Å². The third-order valence-corrected chi connectivity index (χ3v) is 3.56. The largest absolute Gasteiger partial charge is 0.390 e. The van der Waals surface area contributed by atoms with Gasteiger partial charge in [-0.1, -0.05) is 11.6 Å². The third-order valence-electron chi connectivity index (χ3n) is 3.22. The number of nitrogens with zero attached hydrogens (tertiary/aromatic N) is 2. The normalized spacial score (nSPS) is 19.4. The highest BCUT2D eigenvalue weighted by atomic mass is 35.5. The molecule has 5 heteroatoms. The third kappa shape index (κ3) is 2.89. The average molecular weight is 257 g/mol. The molecule has 1 fully saturated rings. The zero-order chi connectivity index (χ0) is 12.5. The number of hydrogen-bond donors (Lipinski definition) is 2. The van der Waals surface area contributed by atoms with E-state index in [1.807, 2.05) is 13.0 Å². The molecule has 2 heterocycles. The van der Waals surface area contributed by atoms with E-state index in [-0.39, 0.29) is 6.61 Å². The van der Waals surface area contributed by atoms with Crippen molar-refractivity contribution in [1.29, 1.82) is 0 Å². The van der Waals surface area contributed by atoms with E-state index in [0.717, 1.165) is 31.7 Å². The Hall–Kier alpha value is -0.840. The highest BCUT2D eigenvalue weighted by Crippen LogP contribution is 2.26. The molecule has 17 heavy (non-hydrogen) atoms. The summed E-state index contributed by atoms with van der Waals surface area (Å²) in [4.78, 5) is 6.43. The predicted molar refractivity (Wildman–Crippen MR) is 67.2 cm³/mol. The lowest BCUT2D eigenvalue weighted by Gasteiger charge is -2.36. The molecule has 2 N–H and O–H groups in total. The quantitative estimate of drug-likeness (QED) is 0.844. The Bertz CT molecular complexity index is 399. The van der Waals surface area contributed by atoms with Gasteiger partial charge in [-0.05, 0) is 31.9 Å². The number of rotatable bonds is 2. The standard InChI is InChI=1S/C12H17ClN2O2/c1-12(17)4-6-15(7-5-12)11-3-2-9(13)10(8-16)14-11/h2-3,16-17H,4-8H2,1H3. The molecule has 0 saturated carbocycles. The van der Waals surface area contributed by atoms with E-state index in [1.165, 1.54) is 0 Å². The first-order valence-electron chi connectivity index (χ1n) is 5.75. The summed E-state index contributed by atoms with van der Waals surface area (Å²) in [5.74, 6) is 0.814. The lowest BCUT2D eigenvalue weighted by atomic mass is 9.94. The molecule has 1 aliphatic rings. The SMILES string of the molecule is CC1(O)CCN(c2ccc(Cl)c(CO)n2)CC1. The summed E-state index contributed by atoms with van der Waals surface area (Å²) in [6.45, 7) is 3.25. The van der Waals surface area contributed by atoms with Crippen molar-refractivity contribution < 1.29 is 10.2 Å². The second kappa shape index (κ2) is 4.80. The average Bonchev–Trinajstić information content (AvgIpc) is 2.30. The van der Waals surface area contributed by atoms with Crippen molar-refractivity contribution in [3.8, 4) is 0 Å². The highest BCUT2D eigenvalue weighted by molar-refractivity contribution is 6.31. The maximum atomic E-state index is 9.88. The maximum Gasteiger partial charge on any atom is 0.129 e. The van der Waals surface area contributed by atoms with Crippen LogP contribution in [-0.4, -0.2) is 33.9 Å². The Balaban J connectivity index is 2.13. The molecule has 1 aromatic rings. The zero-order valence-electron chi connectivity index (χ0n) is 9.86. The van der Waals surface area contributed by atoms with Gasteiger partial charge in [-0.2, -0.15) is 0 Å². The lowest BCUT2D eigenvalue weighted by Crippen LogP contribution is -2.42. The zero-order valence-corrected chi connectivity index (χ0v) is 10.6. The Labute approximate surface area is 106 Å². The van der Waals surface area contributed by atoms with Gasteiger partial charge in [0.1, 0.15) is 5.82 Å². The van der Waals surface area contributed by atoms with Crippen LogP contribution in [0.25, 0.3) is 0 Å².